The molecular formula is C42H26O. The second-order valence-corrected chi connectivity index (χ2v) is 10.9. The van der Waals surface area contributed by atoms with Gasteiger partial charge in [0.2, 0.25) is 0 Å². The van der Waals surface area contributed by atoms with Crippen molar-refractivity contribution in [3.63, 3.8) is 0 Å². The summed E-state index contributed by atoms with van der Waals surface area (Å²) in [4.78, 5) is 0. The fourth-order valence-electron chi connectivity index (χ4n) is 6.73. The van der Waals surface area contributed by atoms with E-state index in [1.165, 1.54) is 0 Å². The molecule has 0 aliphatic rings. The van der Waals surface area contributed by atoms with E-state index in [1.807, 2.05) is 66.7 Å². The van der Waals surface area contributed by atoms with E-state index in [4.69, 9.17) is 11.3 Å². The van der Waals surface area contributed by atoms with Crippen LogP contribution in [0.1, 0.15) is 6.85 Å². The molecule has 0 N–H and O–H groups in total. The molecule has 0 unspecified atom stereocenters. The van der Waals surface area contributed by atoms with Gasteiger partial charge < -0.3 is 4.42 Å². The Morgan fingerprint density at radius 2 is 0.953 bits per heavy atom. The molecule has 1 heteroatoms. The molecule has 0 fully saturated rings. The van der Waals surface area contributed by atoms with E-state index in [9.17, 15) is 0 Å². The zero-order valence-corrected chi connectivity index (χ0v) is 23.0. The van der Waals surface area contributed by atoms with Crippen molar-refractivity contribution < 1.29 is 11.3 Å². The number of hydrogen-bond donors (Lipinski definition) is 0. The first-order valence-electron chi connectivity index (χ1n) is 16.9. The minimum absolute atomic E-state index is 0.190. The van der Waals surface area contributed by atoms with Crippen molar-refractivity contribution in [3.8, 4) is 33.4 Å². The summed E-state index contributed by atoms with van der Waals surface area (Å²) in [7, 11) is 0. The van der Waals surface area contributed by atoms with Gasteiger partial charge in [-0.2, -0.15) is 0 Å². The molecule has 0 bridgehead atoms. The third-order valence-corrected chi connectivity index (χ3v) is 8.53. The van der Waals surface area contributed by atoms with Gasteiger partial charge in [0.1, 0.15) is 11.2 Å². The maximum absolute atomic E-state index is 8.80. The summed E-state index contributed by atoms with van der Waals surface area (Å²) in [5.41, 5.74) is 6.35. The molecule has 0 atom stereocenters. The second kappa shape index (κ2) is 9.44. The fourth-order valence-corrected chi connectivity index (χ4v) is 6.73. The lowest BCUT2D eigenvalue weighted by molar-refractivity contribution is 0.669. The minimum Gasteiger partial charge on any atom is -0.456 e. The Morgan fingerprint density at radius 3 is 1.63 bits per heavy atom. The molecule has 0 radical (unpaired) electrons. The third-order valence-electron chi connectivity index (χ3n) is 8.53. The highest BCUT2D eigenvalue weighted by Crippen LogP contribution is 2.48. The first-order valence-corrected chi connectivity index (χ1v) is 14.4. The summed E-state index contributed by atoms with van der Waals surface area (Å²) in [6.07, 6.45) is 0. The molecule has 200 valence electrons. The van der Waals surface area contributed by atoms with Crippen LogP contribution in [-0.4, -0.2) is 0 Å². The van der Waals surface area contributed by atoms with Crippen molar-refractivity contribution >= 4 is 54.3 Å². The fraction of sp³-hybridized carbons (Fsp3) is 0. The van der Waals surface area contributed by atoms with E-state index in [0.717, 1.165) is 76.5 Å². The van der Waals surface area contributed by atoms with Gasteiger partial charge in [0.05, 0.1) is 6.85 Å². The van der Waals surface area contributed by atoms with Crippen LogP contribution in [0.3, 0.4) is 0 Å². The molecule has 0 amide bonds. The SMILES string of the molecule is [2H]c1c([2H])c([2H])c(-c2ccccc2-c2c3ccccc3c(-c3cccc4oc5cc6ccccc6cc5c34)c3ccccc23)c([2H])c1[2H]. The molecular weight excluding hydrogens is 520 g/mol. The number of hydrogen-bond acceptors (Lipinski definition) is 1. The largest absolute Gasteiger partial charge is 0.456 e. The molecule has 9 rings (SSSR count). The van der Waals surface area contributed by atoms with Gasteiger partial charge in [0.25, 0.3) is 0 Å². The third kappa shape index (κ3) is 3.65. The van der Waals surface area contributed by atoms with Crippen LogP contribution in [0.15, 0.2) is 162 Å². The molecule has 8 aromatic carbocycles. The zero-order chi connectivity index (χ0) is 32.7. The summed E-state index contributed by atoms with van der Waals surface area (Å²) in [6, 6.07) is 41.6. The first kappa shape index (κ1) is 19.5. The van der Waals surface area contributed by atoms with E-state index < -0.39 is 6.04 Å². The Labute approximate surface area is 256 Å². The number of benzene rings is 8. The van der Waals surface area contributed by atoms with E-state index >= 15 is 0 Å². The van der Waals surface area contributed by atoms with E-state index in [1.54, 1.807) is 0 Å². The maximum Gasteiger partial charge on any atom is 0.136 e. The van der Waals surface area contributed by atoms with Gasteiger partial charge in [-0.05, 0) is 83.9 Å². The molecule has 1 aromatic heterocycles. The van der Waals surface area contributed by atoms with Gasteiger partial charge in [0.15, 0.2) is 0 Å². The van der Waals surface area contributed by atoms with Crippen LogP contribution >= 0.6 is 0 Å². The van der Waals surface area contributed by atoms with Crippen molar-refractivity contribution in [1.29, 1.82) is 0 Å². The second-order valence-electron chi connectivity index (χ2n) is 10.9. The van der Waals surface area contributed by atoms with Crippen LogP contribution in [0.2, 0.25) is 0 Å². The van der Waals surface area contributed by atoms with Gasteiger partial charge in [-0.15, -0.1) is 0 Å². The van der Waals surface area contributed by atoms with E-state index in [2.05, 4.69) is 60.7 Å². The highest BCUT2D eigenvalue weighted by atomic mass is 16.3. The molecule has 1 heterocycles. The zero-order valence-electron chi connectivity index (χ0n) is 28.0. The minimum atomic E-state index is -0.402. The Hall–Kier alpha value is -5.66. The van der Waals surface area contributed by atoms with Crippen LogP contribution < -0.4 is 0 Å². The maximum atomic E-state index is 8.80. The van der Waals surface area contributed by atoms with E-state index in [-0.39, 0.29) is 29.7 Å². The Kier molecular flexibility index (Phi) is 4.27. The summed E-state index contributed by atoms with van der Waals surface area (Å²) >= 11 is 0. The number of furan rings is 1. The lowest BCUT2D eigenvalue weighted by Gasteiger charge is -2.20. The Balaban J connectivity index is 1.41. The van der Waals surface area contributed by atoms with Crippen molar-refractivity contribution in [1.82, 2.24) is 0 Å². The predicted octanol–water partition coefficient (Wildman–Crippen LogP) is 12.0. The molecule has 43 heavy (non-hydrogen) atoms. The topological polar surface area (TPSA) is 13.1 Å². The molecule has 0 saturated heterocycles. The standard InChI is InChI=1S/C42H26O/c1-2-13-27(14-3-1)30-17-6-7-18-31(30)40-32-19-8-10-21-34(32)41(35-22-11-9-20-33(35)40)36-23-12-24-38-42(36)37-25-28-15-4-5-16-29(28)26-39(37)43-38/h1-26H/i1D,2D,3D,13D,14D. The highest BCUT2D eigenvalue weighted by molar-refractivity contribution is 6.26. The molecule has 0 spiro atoms. The number of fused-ring (bicyclic) bond motifs is 6. The smallest absolute Gasteiger partial charge is 0.136 e. The van der Waals surface area contributed by atoms with Crippen molar-refractivity contribution in [3.05, 3.63) is 158 Å². The highest BCUT2D eigenvalue weighted by Gasteiger charge is 2.21. The van der Waals surface area contributed by atoms with Gasteiger partial charge >= 0.3 is 0 Å². The quantitative estimate of drug-likeness (QED) is 0.199. The Morgan fingerprint density at radius 1 is 0.419 bits per heavy atom. The summed E-state index contributed by atoms with van der Waals surface area (Å²) < 4.78 is 49.0. The molecule has 9 aromatic rings. The van der Waals surface area contributed by atoms with Crippen molar-refractivity contribution in [2.45, 2.75) is 0 Å². The Bertz CT molecular complexity index is 2710. The molecule has 1 nitrogen and oxygen atoms in total. The molecule has 0 aliphatic heterocycles. The molecule has 0 aliphatic carbocycles. The first-order chi connectivity index (χ1) is 23.4. The average Bonchev–Trinajstić information content (AvgIpc) is 3.49. The van der Waals surface area contributed by atoms with Crippen LogP contribution in [-0.2, 0) is 0 Å². The number of rotatable bonds is 3. The molecule has 0 saturated carbocycles. The summed E-state index contributed by atoms with van der Waals surface area (Å²) in [6.45, 7) is 0. The lowest BCUT2D eigenvalue weighted by atomic mass is 9.83. The van der Waals surface area contributed by atoms with Gasteiger partial charge in [0, 0.05) is 10.8 Å². The van der Waals surface area contributed by atoms with Gasteiger partial charge in [-0.25, -0.2) is 0 Å². The van der Waals surface area contributed by atoms with Crippen LogP contribution in [0.4, 0.5) is 0 Å². The predicted molar refractivity (Wildman–Crippen MR) is 183 cm³/mol. The normalized spacial score (nSPS) is 13.3. The summed E-state index contributed by atoms with van der Waals surface area (Å²) in [5, 5.41) is 8.49. The van der Waals surface area contributed by atoms with Crippen LogP contribution in [0.5, 0.6) is 0 Å². The average molecular weight is 552 g/mol. The van der Waals surface area contributed by atoms with Crippen molar-refractivity contribution in [2.24, 2.45) is 0 Å². The van der Waals surface area contributed by atoms with Gasteiger partial charge in [-0.3, -0.25) is 0 Å². The van der Waals surface area contributed by atoms with Crippen LogP contribution in [0, 0.1) is 0 Å². The van der Waals surface area contributed by atoms with Crippen LogP contribution in [0.25, 0.3) is 87.6 Å². The lowest BCUT2D eigenvalue weighted by Crippen LogP contribution is -1.93. The van der Waals surface area contributed by atoms with Gasteiger partial charge in [-0.1, -0.05) is 139 Å². The van der Waals surface area contributed by atoms with E-state index in [0.29, 0.717) is 5.56 Å². The monoisotopic (exact) mass is 551 g/mol. The van der Waals surface area contributed by atoms with Crippen molar-refractivity contribution in [2.75, 3.05) is 0 Å². The summed E-state index contributed by atoms with van der Waals surface area (Å²) in [5.74, 6) is 0.